The SMILES string of the molecule is Cc1cc2c(cc1N1c3cc4c(cc3B3c5cc6c(cc5N(c5ccc7sc8ccccc8c7c5)c5cc(C(C)(C)C)cc1c53)C(C)(C)CCC6(C)C)C(C)(C)CCC4(C)C)C(C)(C)CC2(C)C. The fourth-order valence-corrected chi connectivity index (χ4v) is 15.4. The molecule has 0 spiro atoms. The molecule has 3 aliphatic carbocycles. The van der Waals surface area contributed by atoms with E-state index in [0.29, 0.717) is 0 Å². The van der Waals surface area contributed by atoms with Crippen LogP contribution in [0, 0.1) is 6.92 Å². The van der Waals surface area contributed by atoms with Crippen LogP contribution in [0.2, 0.25) is 0 Å². The maximum absolute atomic E-state index is 2.78. The molecule has 0 radical (unpaired) electrons. The molecule has 0 saturated carbocycles. The molecule has 7 aromatic rings. The summed E-state index contributed by atoms with van der Waals surface area (Å²) < 4.78 is 2.69. The van der Waals surface area contributed by atoms with Gasteiger partial charge in [0.2, 0.25) is 0 Å². The Labute approximate surface area is 412 Å². The smallest absolute Gasteiger partial charge is 0.252 e. The Morgan fingerprint density at radius 2 is 0.912 bits per heavy atom. The molecule has 0 N–H and O–H groups in total. The molecule has 4 heteroatoms. The number of anilines is 6. The van der Waals surface area contributed by atoms with Gasteiger partial charge in [-0.25, -0.2) is 0 Å². The first kappa shape index (κ1) is 44.4. The van der Waals surface area contributed by atoms with E-state index in [1.807, 2.05) is 11.3 Å². The van der Waals surface area contributed by atoms with Gasteiger partial charge in [-0.2, -0.15) is 0 Å². The van der Waals surface area contributed by atoms with E-state index in [0.717, 1.165) is 6.42 Å². The molecule has 5 aliphatic rings. The lowest BCUT2D eigenvalue weighted by atomic mass is 9.32. The lowest BCUT2D eigenvalue weighted by Gasteiger charge is -2.49. The topological polar surface area (TPSA) is 6.48 Å². The molecule has 0 amide bonds. The van der Waals surface area contributed by atoms with Crippen molar-refractivity contribution in [3.05, 3.63) is 136 Å². The predicted molar refractivity (Wildman–Crippen MR) is 298 cm³/mol. The van der Waals surface area contributed by atoms with Crippen LogP contribution in [0.5, 0.6) is 0 Å². The summed E-state index contributed by atoms with van der Waals surface area (Å²) in [5.41, 5.74) is 24.5. The van der Waals surface area contributed by atoms with E-state index in [9.17, 15) is 0 Å². The van der Waals surface area contributed by atoms with E-state index in [1.165, 1.54) is 141 Å². The van der Waals surface area contributed by atoms with Crippen molar-refractivity contribution in [2.75, 3.05) is 9.80 Å². The molecule has 0 bridgehead atoms. The molecule has 1 aromatic heterocycles. The van der Waals surface area contributed by atoms with Crippen LogP contribution in [0.15, 0.2) is 91.0 Å². The van der Waals surface area contributed by atoms with Crippen LogP contribution in [0.4, 0.5) is 34.1 Å². The molecular formula is C64H73BN2S. The molecule has 12 rings (SSSR count). The van der Waals surface area contributed by atoms with E-state index in [2.05, 4.69) is 212 Å². The van der Waals surface area contributed by atoms with Crippen LogP contribution in [-0.4, -0.2) is 6.71 Å². The third kappa shape index (κ3) is 6.20. The molecule has 0 atom stereocenters. The van der Waals surface area contributed by atoms with Crippen molar-refractivity contribution in [3.8, 4) is 0 Å². The van der Waals surface area contributed by atoms with Crippen LogP contribution in [0.3, 0.4) is 0 Å². The zero-order chi connectivity index (χ0) is 48.2. The van der Waals surface area contributed by atoms with Gasteiger partial charge >= 0.3 is 0 Å². The third-order valence-electron chi connectivity index (χ3n) is 18.4. The van der Waals surface area contributed by atoms with Crippen LogP contribution >= 0.6 is 11.3 Å². The lowest BCUT2D eigenvalue weighted by molar-refractivity contribution is 0.332. The summed E-state index contributed by atoms with van der Waals surface area (Å²) in [6, 6.07) is 37.6. The second kappa shape index (κ2) is 13.7. The largest absolute Gasteiger partial charge is 0.311 e. The van der Waals surface area contributed by atoms with E-state index in [-0.39, 0.29) is 44.6 Å². The molecule has 348 valence electrons. The van der Waals surface area contributed by atoms with Crippen molar-refractivity contribution >= 4 is 88.7 Å². The molecular weight excluding hydrogens is 840 g/mol. The first-order valence-corrected chi connectivity index (χ1v) is 26.7. The number of fused-ring (bicyclic) bond motifs is 10. The molecule has 6 aromatic carbocycles. The summed E-state index contributed by atoms with van der Waals surface area (Å²) >= 11 is 1.91. The summed E-state index contributed by atoms with van der Waals surface area (Å²) in [6.45, 7) is 39.6. The first-order chi connectivity index (χ1) is 31.7. The highest BCUT2D eigenvalue weighted by atomic mass is 32.1. The van der Waals surface area contributed by atoms with Crippen molar-refractivity contribution < 1.29 is 0 Å². The van der Waals surface area contributed by atoms with Gasteiger partial charge in [-0.15, -0.1) is 11.3 Å². The van der Waals surface area contributed by atoms with Gasteiger partial charge < -0.3 is 9.80 Å². The van der Waals surface area contributed by atoms with E-state index in [4.69, 9.17) is 0 Å². The fraction of sp³-hybridized carbons (Fsp3) is 0.438. The van der Waals surface area contributed by atoms with Crippen LogP contribution < -0.4 is 26.2 Å². The number of rotatable bonds is 2. The first-order valence-electron chi connectivity index (χ1n) is 25.9. The van der Waals surface area contributed by atoms with Crippen LogP contribution in [0.25, 0.3) is 20.2 Å². The Kier molecular flexibility index (Phi) is 8.98. The van der Waals surface area contributed by atoms with Crippen molar-refractivity contribution in [1.82, 2.24) is 0 Å². The fourth-order valence-electron chi connectivity index (χ4n) is 14.3. The zero-order valence-corrected chi connectivity index (χ0v) is 44.9. The Hall–Kier alpha value is -4.80. The minimum absolute atomic E-state index is 0.0552. The maximum atomic E-state index is 2.78. The van der Waals surface area contributed by atoms with Gasteiger partial charge in [0, 0.05) is 54.3 Å². The van der Waals surface area contributed by atoms with E-state index >= 15 is 0 Å². The van der Waals surface area contributed by atoms with Crippen molar-refractivity contribution in [1.29, 1.82) is 0 Å². The highest BCUT2D eigenvalue weighted by Crippen LogP contribution is 2.56. The summed E-state index contributed by atoms with van der Waals surface area (Å²) in [5.74, 6) is 0. The molecule has 2 nitrogen and oxygen atoms in total. The van der Waals surface area contributed by atoms with E-state index < -0.39 is 0 Å². The molecule has 3 heterocycles. The van der Waals surface area contributed by atoms with E-state index in [1.54, 1.807) is 0 Å². The Morgan fingerprint density at radius 1 is 0.456 bits per heavy atom. The Balaban J connectivity index is 1.25. The zero-order valence-electron chi connectivity index (χ0n) is 44.1. The van der Waals surface area contributed by atoms with Crippen LogP contribution in [-0.2, 0) is 37.9 Å². The van der Waals surface area contributed by atoms with Gasteiger partial charge in [-0.05, 0) is 192 Å². The van der Waals surface area contributed by atoms with Gasteiger partial charge in [0.05, 0.1) is 0 Å². The lowest BCUT2D eigenvalue weighted by Crippen LogP contribution is -2.62. The number of hydrogen-bond acceptors (Lipinski definition) is 3. The van der Waals surface area contributed by atoms with Crippen molar-refractivity contribution in [2.45, 2.75) is 181 Å². The molecule has 0 saturated heterocycles. The van der Waals surface area contributed by atoms with Gasteiger partial charge in [0.1, 0.15) is 0 Å². The average molecular weight is 913 g/mol. The summed E-state index contributed by atoms with van der Waals surface area (Å²) in [4.78, 5) is 5.50. The molecule has 68 heavy (non-hydrogen) atoms. The normalized spacial score (nSPS) is 20.7. The Bertz CT molecular complexity index is 3340. The number of aryl methyl sites for hydroxylation is 1. The quantitative estimate of drug-likeness (QED) is 0.159. The second-order valence-electron chi connectivity index (χ2n) is 27.1. The second-order valence-corrected chi connectivity index (χ2v) is 28.2. The summed E-state index contributed by atoms with van der Waals surface area (Å²) in [5, 5.41) is 2.69. The molecule has 0 fully saturated rings. The number of benzene rings is 6. The number of nitrogens with zero attached hydrogens (tertiary/aromatic N) is 2. The van der Waals surface area contributed by atoms with Gasteiger partial charge in [0.15, 0.2) is 0 Å². The number of thiophene rings is 1. The highest BCUT2D eigenvalue weighted by Gasteiger charge is 2.50. The third-order valence-corrected chi connectivity index (χ3v) is 19.6. The monoisotopic (exact) mass is 913 g/mol. The minimum Gasteiger partial charge on any atom is -0.311 e. The minimum atomic E-state index is -0.102. The van der Waals surface area contributed by atoms with Crippen molar-refractivity contribution in [2.24, 2.45) is 0 Å². The highest BCUT2D eigenvalue weighted by molar-refractivity contribution is 7.25. The predicted octanol–water partition coefficient (Wildman–Crippen LogP) is 16.4. The average Bonchev–Trinajstić information content (AvgIpc) is 3.71. The molecule has 2 aliphatic heterocycles. The van der Waals surface area contributed by atoms with Gasteiger partial charge in [0.25, 0.3) is 6.71 Å². The Morgan fingerprint density at radius 3 is 1.47 bits per heavy atom. The summed E-state index contributed by atoms with van der Waals surface area (Å²) in [7, 11) is 0. The molecule has 0 unspecified atom stereocenters. The summed E-state index contributed by atoms with van der Waals surface area (Å²) in [6.07, 6.45) is 5.89. The van der Waals surface area contributed by atoms with Crippen LogP contribution in [0.1, 0.15) is 180 Å². The van der Waals surface area contributed by atoms with Gasteiger partial charge in [-0.3, -0.25) is 0 Å². The maximum Gasteiger partial charge on any atom is 0.252 e. The standard InChI is InChI=1S/C64H73BN2S/c1-37-27-42-47(64(15,16)36-63(42,13)14)33-50(37)67-52-35-46-44(60(7,8)24-26-62(46,11)12)32-49(52)65-48-31-43-45(61(9,10)25-23-59(43,5)6)34-51(48)66(53-28-38(58(2,3)4)29-54(67)57(53)65)39-21-22-56-41(30-39)40-19-17-18-20-55(40)68-56/h17-22,27-35H,23-26,36H2,1-16H3. The number of hydrogen-bond donors (Lipinski definition) is 0. The van der Waals surface area contributed by atoms with Crippen molar-refractivity contribution in [3.63, 3.8) is 0 Å². The van der Waals surface area contributed by atoms with Gasteiger partial charge in [-0.1, -0.05) is 140 Å².